The topological polar surface area (TPSA) is 79.4 Å². The maximum absolute atomic E-state index is 11.6. The fraction of sp³-hybridized carbons (Fsp3) is 0.600. The van der Waals surface area contributed by atoms with Crippen LogP contribution >= 0.6 is 0 Å². The first-order chi connectivity index (χ1) is 7.70. The Morgan fingerprint density at radius 2 is 2.50 bits per heavy atom. The van der Waals surface area contributed by atoms with Crippen molar-refractivity contribution in [3.8, 4) is 0 Å². The van der Waals surface area contributed by atoms with Crippen molar-refractivity contribution in [1.29, 1.82) is 0 Å². The highest BCUT2D eigenvalue weighted by Crippen LogP contribution is 2.26. The van der Waals surface area contributed by atoms with E-state index < -0.39 is 0 Å². The Kier molecular flexibility index (Phi) is 3.21. The molecular weight excluding hydrogens is 210 g/mol. The third kappa shape index (κ3) is 2.23. The second-order valence-corrected chi connectivity index (χ2v) is 3.79. The number of hydrogen-bond acceptors (Lipinski definition) is 5. The van der Waals surface area contributed by atoms with Crippen molar-refractivity contribution in [2.75, 3.05) is 19.5 Å². The molecule has 0 saturated carbocycles. The quantitative estimate of drug-likeness (QED) is 0.792. The van der Waals surface area contributed by atoms with E-state index in [1.54, 1.807) is 19.4 Å². The van der Waals surface area contributed by atoms with Crippen LogP contribution in [0.15, 0.2) is 17.1 Å². The molecule has 16 heavy (non-hydrogen) atoms. The maximum atomic E-state index is 11.6. The van der Waals surface area contributed by atoms with Gasteiger partial charge in [0.05, 0.1) is 12.7 Å². The van der Waals surface area contributed by atoms with Crippen LogP contribution in [0.5, 0.6) is 0 Å². The van der Waals surface area contributed by atoms with Gasteiger partial charge in [-0.15, -0.1) is 0 Å². The van der Waals surface area contributed by atoms with Crippen LogP contribution < -0.4 is 11.4 Å². The molecular formula is C10H15N3O3. The van der Waals surface area contributed by atoms with E-state index in [1.807, 2.05) is 0 Å². The molecule has 6 heteroatoms. The molecule has 2 rings (SSSR count). The summed E-state index contributed by atoms with van der Waals surface area (Å²) in [6.07, 6.45) is 3.10. The van der Waals surface area contributed by atoms with Crippen LogP contribution in [0.1, 0.15) is 19.1 Å². The van der Waals surface area contributed by atoms with Gasteiger partial charge in [-0.2, -0.15) is 4.98 Å². The van der Waals surface area contributed by atoms with E-state index in [9.17, 15) is 4.79 Å². The van der Waals surface area contributed by atoms with Crippen LogP contribution in [0.4, 0.5) is 5.82 Å². The Balaban J connectivity index is 2.11. The third-order valence-electron chi connectivity index (χ3n) is 2.60. The number of hydrogen-bond donors (Lipinski definition) is 1. The average molecular weight is 225 g/mol. The van der Waals surface area contributed by atoms with Crippen molar-refractivity contribution in [3.05, 3.63) is 22.7 Å². The van der Waals surface area contributed by atoms with Crippen molar-refractivity contribution in [3.63, 3.8) is 0 Å². The van der Waals surface area contributed by atoms with E-state index in [2.05, 4.69) is 4.98 Å². The Bertz CT molecular complexity index is 418. The number of methoxy groups -OCH3 is 1. The monoisotopic (exact) mass is 225 g/mol. The minimum atomic E-state index is -0.372. The molecule has 1 aromatic heterocycles. The second kappa shape index (κ2) is 4.63. The van der Waals surface area contributed by atoms with E-state index in [4.69, 9.17) is 15.2 Å². The molecule has 2 heterocycles. The zero-order chi connectivity index (χ0) is 11.5. The van der Waals surface area contributed by atoms with E-state index >= 15 is 0 Å². The smallest absolute Gasteiger partial charge is 0.351 e. The molecule has 0 spiro atoms. The lowest BCUT2D eigenvalue weighted by atomic mass is 10.2. The second-order valence-electron chi connectivity index (χ2n) is 3.79. The third-order valence-corrected chi connectivity index (χ3v) is 2.60. The zero-order valence-corrected chi connectivity index (χ0v) is 9.13. The highest BCUT2D eigenvalue weighted by atomic mass is 16.5. The summed E-state index contributed by atoms with van der Waals surface area (Å²) < 4.78 is 12.1. The number of nitrogen functional groups attached to an aromatic ring is 1. The predicted molar refractivity (Wildman–Crippen MR) is 57.9 cm³/mol. The zero-order valence-electron chi connectivity index (χ0n) is 9.13. The van der Waals surface area contributed by atoms with Gasteiger partial charge in [0.2, 0.25) is 0 Å². The molecule has 0 amide bonds. The van der Waals surface area contributed by atoms with Crippen LogP contribution in [-0.2, 0) is 9.47 Å². The highest BCUT2D eigenvalue weighted by Gasteiger charge is 2.27. The fourth-order valence-corrected chi connectivity index (χ4v) is 1.84. The van der Waals surface area contributed by atoms with Crippen LogP contribution in [0.3, 0.4) is 0 Å². The summed E-state index contributed by atoms with van der Waals surface area (Å²) in [7, 11) is 1.63. The van der Waals surface area contributed by atoms with Crippen LogP contribution in [0.25, 0.3) is 0 Å². The van der Waals surface area contributed by atoms with Crippen molar-refractivity contribution >= 4 is 5.82 Å². The molecule has 1 unspecified atom stereocenters. The van der Waals surface area contributed by atoms with Gasteiger partial charge in [0.15, 0.2) is 0 Å². The van der Waals surface area contributed by atoms with Gasteiger partial charge in [0, 0.05) is 13.3 Å². The standard InChI is InChI=1S/C10H15N3O3/c1-15-6-7-2-3-9(16-7)13-5-4-8(11)12-10(13)14/h4-5,7,9H,2-3,6H2,1H3,(H2,11,12,14)/t7?,9-/m1/s1. The first-order valence-electron chi connectivity index (χ1n) is 5.20. The molecule has 1 saturated heterocycles. The summed E-state index contributed by atoms with van der Waals surface area (Å²) in [5.74, 6) is 0.229. The molecule has 0 aliphatic carbocycles. The van der Waals surface area contributed by atoms with Crippen molar-refractivity contribution in [2.45, 2.75) is 25.2 Å². The summed E-state index contributed by atoms with van der Waals surface area (Å²) in [6.45, 7) is 0.549. The van der Waals surface area contributed by atoms with Crippen molar-refractivity contribution < 1.29 is 9.47 Å². The molecule has 6 nitrogen and oxygen atoms in total. The number of rotatable bonds is 3. The predicted octanol–water partition coefficient (Wildman–Crippen LogP) is 0.150. The summed E-state index contributed by atoms with van der Waals surface area (Å²) in [5, 5.41) is 0. The van der Waals surface area contributed by atoms with E-state index in [1.165, 1.54) is 4.57 Å². The highest BCUT2D eigenvalue weighted by molar-refractivity contribution is 5.23. The lowest BCUT2D eigenvalue weighted by Crippen LogP contribution is -2.27. The normalized spacial score (nSPS) is 24.8. The summed E-state index contributed by atoms with van der Waals surface area (Å²) >= 11 is 0. The van der Waals surface area contributed by atoms with Gasteiger partial charge in [-0.05, 0) is 18.9 Å². The van der Waals surface area contributed by atoms with E-state index in [0.29, 0.717) is 6.61 Å². The molecule has 0 bridgehead atoms. The fourth-order valence-electron chi connectivity index (χ4n) is 1.84. The molecule has 0 aromatic carbocycles. The van der Waals surface area contributed by atoms with Crippen molar-refractivity contribution in [1.82, 2.24) is 9.55 Å². The Morgan fingerprint density at radius 1 is 1.69 bits per heavy atom. The molecule has 1 aliphatic heterocycles. The minimum Gasteiger partial charge on any atom is -0.383 e. The first kappa shape index (κ1) is 11.1. The molecule has 1 aromatic rings. The number of aromatic nitrogens is 2. The summed E-state index contributed by atoms with van der Waals surface area (Å²) in [6, 6.07) is 1.59. The molecule has 1 fully saturated rings. The maximum Gasteiger partial charge on any atom is 0.351 e. The van der Waals surface area contributed by atoms with Gasteiger partial charge < -0.3 is 15.2 Å². The Hall–Kier alpha value is -1.40. The Morgan fingerprint density at radius 3 is 3.19 bits per heavy atom. The van der Waals surface area contributed by atoms with Gasteiger partial charge in [-0.3, -0.25) is 4.57 Å². The van der Waals surface area contributed by atoms with Gasteiger partial charge in [0.25, 0.3) is 0 Å². The van der Waals surface area contributed by atoms with Gasteiger partial charge in [0.1, 0.15) is 12.0 Å². The SMILES string of the molecule is COCC1CC[C@H](n2ccc(N)nc2=O)O1. The van der Waals surface area contributed by atoms with Crippen molar-refractivity contribution in [2.24, 2.45) is 0 Å². The van der Waals surface area contributed by atoms with E-state index in [-0.39, 0.29) is 23.8 Å². The molecule has 2 N–H and O–H groups in total. The largest absolute Gasteiger partial charge is 0.383 e. The van der Waals surface area contributed by atoms with Gasteiger partial charge >= 0.3 is 5.69 Å². The molecule has 0 radical (unpaired) electrons. The number of ether oxygens (including phenoxy) is 2. The number of anilines is 1. The van der Waals surface area contributed by atoms with Crippen LogP contribution in [0.2, 0.25) is 0 Å². The number of nitrogens with zero attached hydrogens (tertiary/aromatic N) is 2. The molecule has 1 aliphatic rings. The summed E-state index contributed by atoms with van der Waals surface area (Å²) in [5.41, 5.74) is 5.04. The van der Waals surface area contributed by atoms with Gasteiger partial charge in [-0.25, -0.2) is 4.79 Å². The molecule has 88 valence electrons. The summed E-state index contributed by atoms with van der Waals surface area (Å²) in [4.78, 5) is 15.2. The van der Waals surface area contributed by atoms with Crippen LogP contribution in [-0.4, -0.2) is 29.4 Å². The van der Waals surface area contributed by atoms with E-state index in [0.717, 1.165) is 12.8 Å². The van der Waals surface area contributed by atoms with Gasteiger partial charge in [-0.1, -0.05) is 0 Å². The first-order valence-corrected chi connectivity index (χ1v) is 5.20. The lowest BCUT2D eigenvalue weighted by Gasteiger charge is -2.14. The lowest BCUT2D eigenvalue weighted by molar-refractivity contribution is -0.0334. The Labute approximate surface area is 93.0 Å². The minimum absolute atomic E-state index is 0.0550. The van der Waals surface area contributed by atoms with Crippen LogP contribution in [0, 0.1) is 0 Å². The number of nitrogens with two attached hydrogens (primary N) is 1. The average Bonchev–Trinajstić information content (AvgIpc) is 2.67. The molecule has 2 atom stereocenters.